The Balaban J connectivity index is 1.52. The van der Waals surface area contributed by atoms with Crippen molar-refractivity contribution in [1.82, 2.24) is 4.90 Å². The molecule has 0 unspecified atom stereocenters. The summed E-state index contributed by atoms with van der Waals surface area (Å²) in [6, 6.07) is 17.0. The number of nitrogens with zero attached hydrogens (tertiary/aromatic N) is 1. The van der Waals surface area contributed by atoms with E-state index in [1.54, 1.807) is 36.3 Å². The number of carbonyl (C=O) groups is 2. The molecular formula is C24H24N2O4S. The number of carbonyl (C=O) groups excluding carboxylic acids is 2. The quantitative estimate of drug-likeness (QED) is 0.627. The summed E-state index contributed by atoms with van der Waals surface area (Å²) in [5.41, 5.74) is 2.52. The SMILES string of the molecule is COc1cccc(CN2Cc3cc(NC(=O)Cc4cccs4)ccc3O[C@@H](C)C2=O)c1. The molecule has 0 fully saturated rings. The summed E-state index contributed by atoms with van der Waals surface area (Å²) in [7, 11) is 1.62. The Kier molecular flexibility index (Phi) is 6.23. The van der Waals surface area contributed by atoms with Crippen molar-refractivity contribution in [2.24, 2.45) is 0 Å². The molecule has 4 rings (SSSR count). The van der Waals surface area contributed by atoms with Crippen LogP contribution < -0.4 is 14.8 Å². The number of nitrogens with one attached hydrogen (secondary N) is 1. The summed E-state index contributed by atoms with van der Waals surface area (Å²) in [6.07, 6.45) is -0.256. The number of fused-ring (bicyclic) bond motifs is 1. The smallest absolute Gasteiger partial charge is 0.263 e. The van der Waals surface area contributed by atoms with Crippen LogP contribution in [0.2, 0.25) is 0 Å². The van der Waals surface area contributed by atoms with E-state index < -0.39 is 6.10 Å². The van der Waals surface area contributed by atoms with E-state index in [2.05, 4.69) is 5.32 Å². The summed E-state index contributed by atoms with van der Waals surface area (Å²) in [6.45, 7) is 2.59. The molecule has 3 aromatic rings. The summed E-state index contributed by atoms with van der Waals surface area (Å²) in [5, 5.41) is 4.90. The second-order valence-corrected chi connectivity index (χ2v) is 8.46. The highest BCUT2D eigenvalue weighted by Gasteiger charge is 2.28. The van der Waals surface area contributed by atoms with E-state index in [4.69, 9.17) is 9.47 Å². The van der Waals surface area contributed by atoms with Crippen LogP contribution in [0.15, 0.2) is 60.0 Å². The Morgan fingerprint density at radius 1 is 1.23 bits per heavy atom. The predicted molar refractivity (Wildman–Crippen MR) is 120 cm³/mol. The zero-order chi connectivity index (χ0) is 21.8. The summed E-state index contributed by atoms with van der Waals surface area (Å²) >= 11 is 1.56. The lowest BCUT2D eigenvalue weighted by Crippen LogP contribution is -2.37. The van der Waals surface area contributed by atoms with E-state index in [1.807, 2.05) is 53.9 Å². The molecule has 1 aromatic heterocycles. The van der Waals surface area contributed by atoms with E-state index in [1.165, 1.54) is 0 Å². The number of methoxy groups -OCH3 is 1. The largest absolute Gasteiger partial charge is 0.497 e. The lowest BCUT2D eigenvalue weighted by molar-refractivity contribution is -0.138. The Labute approximate surface area is 185 Å². The highest BCUT2D eigenvalue weighted by atomic mass is 32.1. The number of amides is 2. The average Bonchev–Trinajstić information content (AvgIpc) is 3.23. The van der Waals surface area contributed by atoms with Gasteiger partial charge in [-0.25, -0.2) is 0 Å². The topological polar surface area (TPSA) is 67.9 Å². The van der Waals surface area contributed by atoms with Gasteiger partial charge in [0, 0.05) is 29.2 Å². The number of anilines is 1. The third kappa shape index (κ3) is 5.06. The molecule has 0 spiro atoms. The maximum atomic E-state index is 12.9. The predicted octanol–water partition coefficient (Wildman–Crippen LogP) is 4.25. The van der Waals surface area contributed by atoms with Gasteiger partial charge < -0.3 is 19.7 Å². The fourth-order valence-corrected chi connectivity index (χ4v) is 4.28. The molecule has 1 aliphatic rings. The minimum atomic E-state index is -0.592. The lowest BCUT2D eigenvalue weighted by atomic mass is 10.1. The maximum Gasteiger partial charge on any atom is 0.263 e. The molecule has 2 amide bonds. The first-order chi connectivity index (χ1) is 15.0. The summed E-state index contributed by atoms with van der Waals surface area (Å²) < 4.78 is 11.2. The molecule has 0 radical (unpaired) electrons. The zero-order valence-corrected chi connectivity index (χ0v) is 18.3. The molecule has 7 heteroatoms. The number of hydrogen-bond acceptors (Lipinski definition) is 5. The Hall–Kier alpha value is -3.32. The highest BCUT2D eigenvalue weighted by Crippen LogP contribution is 2.30. The fraction of sp³-hybridized carbons (Fsp3) is 0.250. The molecule has 2 aromatic carbocycles. The second kappa shape index (κ2) is 9.22. The van der Waals surface area contributed by atoms with Gasteiger partial charge in [-0.15, -0.1) is 11.3 Å². The van der Waals surface area contributed by atoms with E-state index in [0.29, 0.717) is 30.9 Å². The van der Waals surface area contributed by atoms with Crippen LogP contribution in [-0.2, 0) is 29.1 Å². The van der Waals surface area contributed by atoms with E-state index in [9.17, 15) is 9.59 Å². The zero-order valence-electron chi connectivity index (χ0n) is 17.5. The van der Waals surface area contributed by atoms with Crippen LogP contribution in [0.25, 0.3) is 0 Å². The minimum absolute atomic E-state index is 0.0744. The standard InChI is InChI=1S/C24H24N2O4S/c1-16-24(28)26(14-17-5-3-6-20(11-17)29-2)15-18-12-19(8-9-22(18)30-16)25-23(27)13-21-7-4-10-31-21/h3-12,16H,13-15H2,1-2H3,(H,25,27)/t16-/m0/s1. The molecule has 0 saturated heterocycles. The van der Waals surface area contributed by atoms with Gasteiger partial charge in [0.2, 0.25) is 5.91 Å². The first kappa shape index (κ1) is 20.9. The molecule has 2 heterocycles. The first-order valence-corrected chi connectivity index (χ1v) is 10.9. The van der Waals surface area contributed by atoms with Crippen molar-refractivity contribution in [2.45, 2.75) is 32.5 Å². The molecule has 1 N–H and O–H groups in total. The number of thiophene rings is 1. The van der Waals surface area contributed by atoms with Crippen molar-refractivity contribution in [3.05, 3.63) is 76.0 Å². The number of rotatable bonds is 6. The Morgan fingerprint density at radius 3 is 2.87 bits per heavy atom. The van der Waals surface area contributed by atoms with E-state index >= 15 is 0 Å². The van der Waals surface area contributed by atoms with Gasteiger partial charge in [-0.2, -0.15) is 0 Å². The average molecular weight is 437 g/mol. The molecule has 160 valence electrons. The van der Waals surface area contributed by atoms with Crippen molar-refractivity contribution in [3.8, 4) is 11.5 Å². The lowest BCUT2D eigenvalue weighted by Gasteiger charge is -2.22. The van der Waals surface area contributed by atoms with Crippen LogP contribution in [-0.4, -0.2) is 29.9 Å². The fourth-order valence-electron chi connectivity index (χ4n) is 3.58. The molecule has 6 nitrogen and oxygen atoms in total. The van der Waals surface area contributed by atoms with Crippen molar-refractivity contribution in [1.29, 1.82) is 0 Å². The molecule has 0 saturated carbocycles. The minimum Gasteiger partial charge on any atom is -0.497 e. The van der Waals surface area contributed by atoms with Crippen molar-refractivity contribution in [3.63, 3.8) is 0 Å². The summed E-state index contributed by atoms with van der Waals surface area (Å²) in [4.78, 5) is 28.1. The van der Waals surface area contributed by atoms with Crippen LogP contribution >= 0.6 is 11.3 Å². The van der Waals surface area contributed by atoms with Gasteiger partial charge >= 0.3 is 0 Å². The molecule has 1 aliphatic heterocycles. The highest BCUT2D eigenvalue weighted by molar-refractivity contribution is 7.10. The van der Waals surface area contributed by atoms with Gasteiger partial charge in [0.15, 0.2) is 6.10 Å². The third-order valence-electron chi connectivity index (χ3n) is 5.09. The van der Waals surface area contributed by atoms with Crippen LogP contribution in [0.3, 0.4) is 0 Å². The second-order valence-electron chi connectivity index (χ2n) is 7.43. The normalized spacial score (nSPS) is 15.6. The molecule has 1 atom stereocenters. The van der Waals surface area contributed by atoms with Gasteiger partial charge in [0.1, 0.15) is 11.5 Å². The molecular weight excluding hydrogens is 412 g/mol. The monoisotopic (exact) mass is 436 g/mol. The van der Waals surface area contributed by atoms with Crippen molar-refractivity contribution < 1.29 is 19.1 Å². The van der Waals surface area contributed by atoms with Gasteiger partial charge in [-0.1, -0.05) is 18.2 Å². The summed E-state index contributed by atoms with van der Waals surface area (Å²) in [5.74, 6) is 1.25. The first-order valence-electron chi connectivity index (χ1n) is 10.1. The van der Waals surface area contributed by atoms with Crippen LogP contribution in [0.5, 0.6) is 11.5 Å². The number of benzene rings is 2. The van der Waals surface area contributed by atoms with Crippen molar-refractivity contribution >= 4 is 28.8 Å². The van der Waals surface area contributed by atoms with Gasteiger partial charge in [0.25, 0.3) is 5.91 Å². The Bertz CT molecular complexity index is 1080. The molecule has 0 bridgehead atoms. The molecule has 31 heavy (non-hydrogen) atoms. The Morgan fingerprint density at radius 2 is 2.10 bits per heavy atom. The van der Waals surface area contributed by atoms with Crippen LogP contribution in [0.1, 0.15) is 22.9 Å². The number of hydrogen-bond donors (Lipinski definition) is 1. The maximum absolute atomic E-state index is 12.9. The van der Waals surface area contributed by atoms with E-state index in [-0.39, 0.29) is 11.8 Å². The van der Waals surface area contributed by atoms with E-state index in [0.717, 1.165) is 21.8 Å². The molecule has 0 aliphatic carbocycles. The van der Waals surface area contributed by atoms with Gasteiger partial charge in [-0.3, -0.25) is 9.59 Å². The number of ether oxygens (including phenoxy) is 2. The van der Waals surface area contributed by atoms with Crippen molar-refractivity contribution in [2.75, 3.05) is 12.4 Å². The van der Waals surface area contributed by atoms with Gasteiger partial charge in [-0.05, 0) is 54.3 Å². The van der Waals surface area contributed by atoms with Crippen LogP contribution in [0.4, 0.5) is 5.69 Å². The van der Waals surface area contributed by atoms with Crippen LogP contribution in [0, 0.1) is 0 Å². The third-order valence-corrected chi connectivity index (χ3v) is 5.97. The van der Waals surface area contributed by atoms with Gasteiger partial charge in [0.05, 0.1) is 13.5 Å².